The molecule has 0 bridgehead atoms. The zero-order valence-electron chi connectivity index (χ0n) is 10.3. The number of aryl methyl sites for hydroxylation is 1. The van der Waals surface area contributed by atoms with Gasteiger partial charge in [-0.05, 0) is 26.6 Å². The molecule has 0 radical (unpaired) electrons. The van der Waals surface area contributed by atoms with Gasteiger partial charge in [-0.2, -0.15) is 0 Å². The van der Waals surface area contributed by atoms with Crippen LogP contribution in [0, 0.1) is 6.92 Å². The highest BCUT2D eigenvalue weighted by molar-refractivity contribution is 5.78. The van der Waals surface area contributed by atoms with Crippen molar-refractivity contribution in [3.05, 3.63) is 35.4 Å². The Hall–Kier alpha value is -1.35. The SMILES string of the molecule is Cc1ccc(CC(=O)NCCN(C)C)cc1. The minimum atomic E-state index is 0.0886. The van der Waals surface area contributed by atoms with Gasteiger partial charge >= 0.3 is 0 Å². The molecule has 0 aliphatic carbocycles. The zero-order valence-corrected chi connectivity index (χ0v) is 10.3. The predicted octanol–water partition coefficient (Wildman–Crippen LogP) is 1.22. The van der Waals surface area contributed by atoms with E-state index in [0.717, 1.165) is 12.1 Å². The van der Waals surface area contributed by atoms with Crippen molar-refractivity contribution in [2.24, 2.45) is 0 Å². The van der Waals surface area contributed by atoms with E-state index in [1.165, 1.54) is 5.56 Å². The number of benzene rings is 1. The highest BCUT2D eigenvalue weighted by Crippen LogP contribution is 2.03. The monoisotopic (exact) mass is 220 g/mol. The van der Waals surface area contributed by atoms with E-state index in [2.05, 4.69) is 5.32 Å². The summed E-state index contributed by atoms with van der Waals surface area (Å²) >= 11 is 0. The lowest BCUT2D eigenvalue weighted by atomic mass is 10.1. The second kappa shape index (κ2) is 6.28. The summed E-state index contributed by atoms with van der Waals surface area (Å²) in [7, 11) is 3.98. The van der Waals surface area contributed by atoms with Crippen LogP contribution in [0.2, 0.25) is 0 Å². The molecule has 1 N–H and O–H groups in total. The van der Waals surface area contributed by atoms with Crippen LogP contribution in [0.5, 0.6) is 0 Å². The first-order valence-electron chi connectivity index (χ1n) is 5.55. The third-order valence-electron chi connectivity index (χ3n) is 2.37. The largest absolute Gasteiger partial charge is 0.355 e. The molecule has 0 aliphatic rings. The highest BCUT2D eigenvalue weighted by Gasteiger charge is 2.02. The molecular formula is C13H20N2O. The molecule has 1 aromatic rings. The molecule has 0 aromatic heterocycles. The maximum atomic E-state index is 11.5. The van der Waals surface area contributed by atoms with Gasteiger partial charge in [0.25, 0.3) is 0 Å². The summed E-state index contributed by atoms with van der Waals surface area (Å²) in [6, 6.07) is 8.06. The van der Waals surface area contributed by atoms with Crippen LogP contribution in [0.3, 0.4) is 0 Å². The molecule has 0 unspecified atom stereocenters. The second-order valence-electron chi connectivity index (χ2n) is 4.32. The quantitative estimate of drug-likeness (QED) is 0.809. The lowest BCUT2D eigenvalue weighted by Crippen LogP contribution is -2.32. The summed E-state index contributed by atoms with van der Waals surface area (Å²) in [5.74, 6) is 0.0886. The van der Waals surface area contributed by atoms with Crippen molar-refractivity contribution in [1.82, 2.24) is 10.2 Å². The number of hydrogen-bond donors (Lipinski definition) is 1. The molecule has 0 spiro atoms. The smallest absolute Gasteiger partial charge is 0.224 e. The highest BCUT2D eigenvalue weighted by atomic mass is 16.1. The van der Waals surface area contributed by atoms with Crippen molar-refractivity contribution in [1.29, 1.82) is 0 Å². The van der Waals surface area contributed by atoms with Gasteiger partial charge in [0.15, 0.2) is 0 Å². The molecule has 16 heavy (non-hydrogen) atoms. The molecule has 1 amide bonds. The van der Waals surface area contributed by atoms with E-state index < -0.39 is 0 Å². The van der Waals surface area contributed by atoms with Crippen LogP contribution >= 0.6 is 0 Å². The second-order valence-corrected chi connectivity index (χ2v) is 4.32. The fourth-order valence-corrected chi connectivity index (χ4v) is 1.37. The van der Waals surface area contributed by atoms with E-state index in [0.29, 0.717) is 13.0 Å². The molecule has 88 valence electrons. The molecule has 0 fully saturated rings. The first-order chi connectivity index (χ1) is 7.58. The first kappa shape index (κ1) is 12.7. The average Bonchev–Trinajstić information content (AvgIpc) is 2.21. The summed E-state index contributed by atoms with van der Waals surface area (Å²) < 4.78 is 0. The van der Waals surface area contributed by atoms with E-state index >= 15 is 0 Å². The number of likely N-dealkylation sites (N-methyl/N-ethyl adjacent to an activating group) is 1. The van der Waals surface area contributed by atoms with Gasteiger partial charge in [-0.3, -0.25) is 4.79 Å². The minimum Gasteiger partial charge on any atom is -0.355 e. The van der Waals surface area contributed by atoms with E-state index in [1.807, 2.05) is 50.2 Å². The van der Waals surface area contributed by atoms with Gasteiger partial charge in [-0.25, -0.2) is 0 Å². The zero-order chi connectivity index (χ0) is 12.0. The Balaban J connectivity index is 2.31. The van der Waals surface area contributed by atoms with Crippen molar-refractivity contribution in [3.63, 3.8) is 0 Å². The number of hydrogen-bond acceptors (Lipinski definition) is 2. The van der Waals surface area contributed by atoms with E-state index in [4.69, 9.17) is 0 Å². The van der Waals surface area contributed by atoms with Gasteiger partial charge < -0.3 is 10.2 Å². The Morgan fingerprint density at radius 1 is 1.25 bits per heavy atom. The summed E-state index contributed by atoms with van der Waals surface area (Å²) in [4.78, 5) is 13.6. The van der Waals surface area contributed by atoms with Crippen LogP contribution in [-0.4, -0.2) is 38.0 Å². The van der Waals surface area contributed by atoms with Crippen molar-refractivity contribution in [2.45, 2.75) is 13.3 Å². The Bertz CT molecular complexity index is 330. The fraction of sp³-hybridized carbons (Fsp3) is 0.462. The van der Waals surface area contributed by atoms with Gasteiger partial charge in [-0.1, -0.05) is 29.8 Å². The van der Waals surface area contributed by atoms with Gasteiger partial charge in [0.1, 0.15) is 0 Å². The number of carbonyl (C=O) groups excluding carboxylic acids is 1. The Kier molecular flexibility index (Phi) is 4.99. The third kappa shape index (κ3) is 4.94. The summed E-state index contributed by atoms with van der Waals surface area (Å²) in [6.07, 6.45) is 0.466. The van der Waals surface area contributed by atoms with Gasteiger partial charge in [-0.15, -0.1) is 0 Å². The molecule has 1 aromatic carbocycles. The molecule has 0 saturated heterocycles. The standard InChI is InChI=1S/C13H20N2O/c1-11-4-6-12(7-5-11)10-13(16)14-8-9-15(2)3/h4-7H,8-10H2,1-3H3,(H,14,16). The normalized spacial score (nSPS) is 10.5. The topological polar surface area (TPSA) is 32.3 Å². The van der Waals surface area contributed by atoms with Crippen molar-refractivity contribution >= 4 is 5.91 Å². The number of nitrogens with zero attached hydrogens (tertiary/aromatic N) is 1. The fourth-order valence-electron chi connectivity index (χ4n) is 1.37. The molecule has 3 heteroatoms. The molecule has 1 rings (SSSR count). The van der Waals surface area contributed by atoms with E-state index in [1.54, 1.807) is 0 Å². The van der Waals surface area contributed by atoms with Crippen LogP contribution in [0.1, 0.15) is 11.1 Å². The van der Waals surface area contributed by atoms with Crippen molar-refractivity contribution in [3.8, 4) is 0 Å². The van der Waals surface area contributed by atoms with Crippen LogP contribution in [-0.2, 0) is 11.2 Å². The van der Waals surface area contributed by atoms with Gasteiger partial charge in [0.05, 0.1) is 6.42 Å². The summed E-state index contributed by atoms with van der Waals surface area (Å²) in [5.41, 5.74) is 2.28. The number of amides is 1. The van der Waals surface area contributed by atoms with Gasteiger partial charge in [0.2, 0.25) is 5.91 Å². The first-order valence-corrected chi connectivity index (χ1v) is 5.55. The molecule has 0 atom stereocenters. The molecule has 0 heterocycles. The molecule has 3 nitrogen and oxygen atoms in total. The lowest BCUT2D eigenvalue weighted by molar-refractivity contribution is -0.120. The van der Waals surface area contributed by atoms with Crippen molar-refractivity contribution < 1.29 is 4.79 Å². The van der Waals surface area contributed by atoms with Crippen LogP contribution in [0.4, 0.5) is 0 Å². The number of rotatable bonds is 5. The third-order valence-corrected chi connectivity index (χ3v) is 2.37. The van der Waals surface area contributed by atoms with Crippen LogP contribution < -0.4 is 5.32 Å². The van der Waals surface area contributed by atoms with Crippen molar-refractivity contribution in [2.75, 3.05) is 27.2 Å². The van der Waals surface area contributed by atoms with E-state index in [9.17, 15) is 4.79 Å². The summed E-state index contributed by atoms with van der Waals surface area (Å²) in [5, 5.41) is 2.90. The number of nitrogens with one attached hydrogen (secondary N) is 1. The van der Waals surface area contributed by atoms with Crippen LogP contribution in [0.25, 0.3) is 0 Å². The Morgan fingerprint density at radius 3 is 2.44 bits per heavy atom. The number of carbonyl (C=O) groups is 1. The van der Waals surface area contributed by atoms with Gasteiger partial charge in [0, 0.05) is 13.1 Å². The van der Waals surface area contributed by atoms with E-state index in [-0.39, 0.29) is 5.91 Å². The molecular weight excluding hydrogens is 200 g/mol. The lowest BCUT2D eigenvalue weighted by Gasteiger charge is -2.10. The maximum absolute atomic E-state index is 11.5. The molecule has 0 saturated carbocycles. The van der Waals surface area contributed by atoms with Crippen LogP contribution in [0.15, 0.2) is 24.3 Å². The Morgan fingerprint density at radius 2 is 1.88 bits per heavy atom. The minimum absolute atomic E-state index is 0.0886. The predicted molar refractivity (Wildman–Crippen MR) is 66.4 cm³/mol. The maximum Gasteiger partial charge on any atom is 0.224 e. The Labute approximate surface area is 97.5 Å². The molecule has 0 aliphatic heterocycles. The average molecular weight is 220 g/mol. The summed E-state index contributed by atoms with van der Waals surface area (Å²) in [6.45, 7) is 3.62.